The lowest BCUT2D eigenvalue weighted by Crippen LogP contribution is -2.03. The zero-order chi connectivity index (χ0) is 13.1. The molecule has 0 aliphatic carbocycles. The smallest absolute Gasteiger partial charge is 0.305 e. The molecule has 9 heteroatoms. The summed E-state index contributed by atoms with van der Waals surface area (Å²) in [7, 11) is 0. The fourth-order valence-electron chi connectivity index (χ4n) is 1.28. The second kappa shape index (κ2) is 5.00. The molecule has 0 bridgehead atoms. The molecule has 6 nitrogen and oxygen atoms in total. The molecule has 1 heterocycles. The van der Waals surface area contributed by atoms with Gasteiger partial charge in [0.15, 0.2) is 0 Å². The van der Waals surface area contributed by atoms with Crippen LogP contribution < -0.4 is 5.32 Å². The summed E-state index contributed by atoms with van der Waals surface area (Å²) in [5, 5.41) is 17.4. The summed E-state index contributed by atoms with van der Waals surface area (Å²) in [6.45, 7) is -0.0170. The Bertz CT molecular complexity index is 576. The summed E-state index contributed by atoms with van der Waals surface area (Å²) in [5.41, 5.74) is -0.757. The highest BCUT2D eigenvalue weighted by molar-refractivity contribution is 7.09. The lowest BCUT2D eigenvalue weighted by molar-refractivity contribution is -0.387. The minimum Gasteiger partial charge on any atom is -0.370 e. The molecule has 0 aliphatic heterocycles. The Balaban J connectivity index is 2.22. The fraction of sp³-hybridized carbons (Fsp3) is 0.111. The van der Waals surface area contributed by atoms with Crippen molar-refractivity contribution in [3.8, 4) is 0 Å². The molecule has 0 radical (unpaired) electrons. The Kier molecular flexibility index (Phi) is 3.42. The monoisotopic (exact) mass is 272 g/mol. The lowest BCUT2D eigenvalue weighted by atomic mass is 10.2. The van der Waals surface area contributed by atoms with Gasteiger partial charge >= 0.3 is 5.69 Å². The number of rotatable bonds is 4. The van der Waals surface area contributed by atoms with Crippen LogP contribution in [0.1, 0.15) is 5.56 Å². The summed E-state index contributed by atoms with van der Waals surface area (Å²) in [4.78, 5) is 9.63. The molecule has 0 unspecified atom stereocenters. The van der Waals surface area contributed by atoms with Crippen molar-refractivity contribution in [1.82, 2.24) is 9.59 Å². The molecule has 1 N–H and O–H groups in total. The Morgan fingerprint density at radius 2 is 2.17 bits per heavy atom. The van der Waals surface area contributed by atoms with Gasteiger partial charge in [-0.15, -0.1) is 5.10 Å². The van der Waals surface area contributed by atoms with E-state index in [0.717, 1.165) is 17.6 Å². The number of halogens is 2. The van der Waals surface area contributed by atoms with Crippen LogP contribution in [0, 0.1) is 21.7 Å². The van der Waals surface area contributed by atoms with Gasteiger partial charge in [-0.05, 0) is 0 Å². The normalized spacial score (nSPS) is 10.3. The molecule has 0 amide bonds. The van der Waals surface area contributed by atoms with Crippen LogP contribution in [0.3, 0.4) is 0 Å². The first-order valence-electron chi connectivity index (χ1n) is 4.71. The van der Waals surface area contributed by atoms with Gasteiger partial charge in [-0.2, -0.15) is 4.39 Å². The molecule has 94 valence electrons. The topological polar surface area (TPSA) is 81.0 Å². The quantitative estimate of drug-likeness (QED) is 0.682. The van der Waals surface area contributed by atoms with E-state index in [0.29, 0.717) is 11.1 Å². The first-order valence-corrected chi connectivity index (χ1v) is 5.49. The zero-order valence-electron chi connectivity index (χ0n) is 8.76. The van der Waals surface area contributed by atoms with Gasteiger partial charge < -0.3 is 5.32 Å². The van der Waals surface area contributed by atoms with E-state index in [1.807, 2.05) is 0 Å². The number of nitro groups is 1. The molecule has 0 atom stereocenters. The highest BCUT2D eigenvalue weighted by atomic mass is 32.1. The summed E-state index contributed by atoms with van der Waals surface area (Å²) in [6.07, 6.45) is 1.43. The SMILES string of the molecule is O=[N+]([O-])c1cc(CNc2cnns2)c(F)cc1F. The summed E-state index contributed by atoms with van der Waals surface area (Å²) in [5.74, 6) is -2.04. The number of benzene rings is 1. The maximum Gasteiger partial charge on any atom is 0.305 e. The fourth-order valence-corrected chi connectivity index (χ4v) is 1.70. The molecular formula is C9H6F2N4O2S. The van der Waals surface area contributed by atoms with E-state index in [1.54, 1.807) is 0 Å². The first kappa shape index (κ1) is 12.3. The van der Waals surface area contributed by atoms with Crippen molar-refractivity contribution in [2.24, 2.45) is 0 Å². The predicted molar refractivity (Wildman–Crippen MR) is 60.2 cm³/mol. The molecule has 0 spiro atoms. The third kappa shape index (κ3) is 2.56. The predicted octanol–water partition coefficient (Wildman–Crippen LogP) is 2.34. The van der Waals surface area contributed by atoms with E-state index in [2.05, 4.69) is 14.9 Å². The number of nitrogens with one attached hydrogen (secondary N) is 1. The molecule has 0 fully saturated rings. The van der Waals surface area contributed by atoms with Gasteiger partial charge in [0.2, 0.25) is 5.82 Å². The largest absolute Gasteiger partial charge is 0.370 e. The van der Waals surface area contributed by atoms with E-state index in [-0.39, 0.29) is 12.1 Å². The Hall–Kier alpha value is -2.16. The minimum absolute atomic E-state index is 0.00324. The Morgan fingerprint density at radius 1 is 1.39 bits per heavy atom. The standard InChI is InChI=1S/C9H6F2N4O2S/c10-6-2-7(11)8(15(16)17)1-5(6)3-12-9-4-13-14-18-9/h1-2,4,12H,3H2. The lowest BCUT2D eigenvalue weighted by Gasteiger charge is -2.05. The van der Waals surface area contributed by atoms with Crippen molar-refractivity contribution in [3.05, 3.63) is 45.6 Å². The van der Waals surface area contributed by atoms with Crippen molar-refractivity contribution in [2.75, 3.05) is 5.32 Å². The van der Waals surface area contributed by atoms with Crippen LogP contribution in [0.2, 0.25) is 0 Å². The highest BCUT2D eigenvalue weighted by Crippen LogP contribution is 2.22. The Morgan fingerprint density at radius 3 is 2.78 bits per heavy atom. The van der Waals surface area contributed by atoms with Gasteiger partial charge in [-0.25, -0.2) is 4.39 Å². The van der Waals surface area contributed by atoms with Crippen molar-refractivity contribution in [3.63, 3.8) is 0 Å². The number of anilines is 1. The molecule has 2 rings (SSSR count). The maximum atomic E-state index is 13.4. The van der Waals surface area contributed by atoms with Gasteiger partial charge in [0.05, 0.1) is 11.1 Å². The number of hydrogen-bond acceptors (Lipinski definition) is 6. The van der Waals surface area contributed by atoms with Gasteiger partial charge in [-0.1, -0.05) is 4.49 Å². The summed E-state index contributed by atoms with van der Waals surface area (Å²) in [6, 6.07) is 1.37. The molecule has 1 aromatic heterocycles. The van der Waals surface area contributed by atoms with E-state index in [9.17, 15) is 18.9 Å². The van der Waals surface area contributed by atoms with Crippen molar-refractivity contribution < 1.29 is 13.7 Å². The van der Waals surface area contributed by atoms with Gasteiger partial charge in [-0.3, -0.25) is 10.1 Å². The second-order valence-corrected chi connectivity index (χ2v) is 4.07. The van der Waals surface area contributed by atoms with Crippen molar-refractivity contribution >= 4 is 22.2 Å². The van der Waals surface area contributed by atoms with Crippen LogP contribution in [-0.2, 0) is 6.54 Å². The average Bonchev–Trinajstić information content (AvgIpc) is 2.80. The third-order valence-electron chi connectivity index (χ3n) is 2.13. The number of hydrogen-bond donors (Lipinski definition) is 1. The van der Waals surface area contributed by atoms with Crippen LogP contribution in [0.25, 0.3) is 0 Å². The molecule has 0 aliphatic rings. The molecule has 0 saturated heterocycles. The Labute approximate surface area is 104 Å². The highest BCUT2D eigenvalue weighted by Gasteiger charge is 2.18. The van der Waals surface area contributed by atoms with E-state index < -0.39 is 22.2 Å². The van der Waals surface area contributed by atoms with Gasteiger partial charge in [0, 0.05) is 35.8 Å². The first-order chi connectivity index (χ1) is 8.58. The zero-order valence-corrected chi connectivity index (χ0v) is 9.58. The summed E-state index contributed by atoms with van der Waals surface area (Å²) >= 11 is 1.06. The average molecular weight is 272 g/mol. The number of nitrogens with zero attached hydrogens (tertiary/aromatic N) is 3. The molecular weight excluding hydrogens is 266 g/mol. The van der Waals surface area contributed by atoms with Crippen molar-refractivity contribution in [2.45, 2.75) is 6.54 Å². The van der Waals surface area contributed by atoms with E-state index in [4.69, 9.17) is 0 Å². The van der Waals surface area contributed by atoms with E-state index >= 15 is 0 Å². The van der Waals surface area contributed by atoms with E-state index in [1.165, 1.54) is 6.20 Å². The number of nitro benzene ring substituents is 1. The van der Waals surface area contributed by atoms with Gasteiger partial charge in [0.25, 0.3) is 0 Å². The van der Waals surface area contributed by atoms with Crippen LogP contribution in [-0.4, -0.2) is 14.5 Å². The number of aromatic nitrogens is 2. The molecule has 18 heavy (non-hydrogen) atoms. The van der Waals surface area contributed by atoms with Crippen LogP contribution >= 0.6 is 11.5 Å². The van der Waals surface area contributed by atoms with Crippen LogP contribution in [0.5, 0.6) is 0 Å². The summed E-state index contributed by atoms with van der Waals surface area (Å²) < 4.78 is 30.1. The maximum absolute atomic E-state index is 13.4. The van der Waals surface area contributed by atoms with Gasteiger partial charge in [0.1, 0.15) is 10.8 Å². The van der Waals surface area contributed by atoms with Crippen LogP contribution in [0.4, 0.5) is 19.5 Å². The minimum atomic E-state index is -1.19. The molecule has 1 aromatic carbocycles. The third-order valence-corrected chi connectivity index (χ3v) is 2.75. The van der Waals surface area contributed by atoms with Crippen molar-refractivity contribution in [1.29, 1.82) is 0 Å². The molecule has 2 aromatic rings. The second-order valence-electron chi connectivity index (χ2n) is 3.29. The molecule has 0 saturated carbocycles. The van der Waals surface area contributed by atoms with Crippen LogP contribution in [0.15, 0.2) is 18.3 Å².